The van der Waals surface area contributed by atoms with Gasteiger partial charge in [-0.25, -0.2) is 0 Å². The molecule has 0 heterocycles. The quantitative estimate of drug-likeness (QED) is 0.347. The maximum atomic E-state index is 8.24. The summed E-state index contributed by atoms with van der Waals surface area (Å²) in [6, 6.07) is 0. The minimum Gasteiger partial charge on any atom is -0.665 e. The minimum absolute atomic E-state index is 0. The van der Waals surface area contributed by atoms with Crippen molar-refractivity contribution in [1.29, 1.82) is 0 Å². The first kappa shape index (κ1) is 20.3. The molecule has 0 bridgehead atoms. The fourth-order valence-electron chi connectivity index (χ4n) is 0. The average Bonchev–Trinajstić information content (AvgIpc) is 0.918. The second-order valence-corrected chi connectivity index (χ2v) is 0.0913. The van der Waals surface area contributed by atoms with Crippen LogP contribution in [0.4, 0.5) is 0 Å². The number of aliphatic hydroxyl groups excluding tert-OH is 1. The average molecular weight is 119 g/mol. The van der Waals surface area contributed by atoms with Gasteiger partial charge < -0.3 is 16.1 Å². The Bertz CT molecular complexity index is 17.1. The largest absolute Gasteiger partial charge is 0.665 e. The van der Waals surface area contributed by atoms with Gasteiger partial charge in [0, 0.05) is 17.1 Å². The van der Waals surface area contributed by atoms with E-state index in [4.69, 9.17) is 9.90 Å². The van der Waals surface area contributed by atoms with Crippen molar-refractivity contribution in [3.63, 3.8) is 0 Å². The number of hydrogen-bond donors (Lipinski definition) is 2. The molecule has 0 atom stereocenters. The molecule has 0 rings (SSSR count). The van der Waals surface area contributed by atoms with Gasteiger partial charge in [-0.2, -0.15) is 0 Å². The molecule has 0 aliphatic rings. The normalized spacial score (nSPS) is 2.40. The topological polar surface area (TPSA) is 73.8 Å². The SMILES string of the molecule is O=[C-]O.[Fe].[NH4+]. The molecule has 0 aliphatic heterocycles. The second-order valence-electron chi connectivity index (χ2n) is 0.0913. The third-order valence-corrected chi connectivity index (χ3v) is 0. The van der Waals surface area contributed by atoms with Crippen LogP contribution in [0.25, 0.3) is 0 Å². The van der Waals surface area contributed by atoms with Crippen molar-refractivity contribution in [3.8, 4) is 0 Å². The smallest absolute Gasteiger partial charge is 0 e. The molecule has 0 saturated carbocycles. The van der Waals surface area contributed by atoms with Crippen molar-refractivity contribution in [3.05, 3.63) is 0 Å². The molecule has 0 saturated heterocycles. The Balaban J connectivity index is -0.0000000200. The van der Waals surface area contributed by atoms with Gasteiger partial charge in [0.1, 0.15) is 0 Å². The van der Waals surface area contributed by atoms with Crippen LogP contribution in [-0.2, 0) is 21.9 Å². The molecule has 5 heavy (non-hydrogen) atoms. The van der Waals surface area contributed by atoms with Gasteiger partial charge in [0.05, 0.1) is 0 Å². The molecule has 0 unspecified atom stereocenters. The van der Waals surface area contributed by atoms with Crippen LogP contribution >= 0.6 is 0 Å². The Labute approximate surface area is 40.4 Å². The van der Waals surface area contributed by atoms with Crippen molar-refractivity contribution < 1.29 is 27.0 Å². The molecule has 0 fully saturated rings. The maximum absolute atomic E-state index is 8.24. The zero-order valence-corrected chi connectivity index (χ0v) is 3.81. The summed E-state index contributed by atoms with van der Waals surface area (Å²) < 4.78 is 0. The first-order valence-electron chi connectivity index (χ1n) is 0.428. The predicted octanol–water partition coefficient (Wildman–Crippen LogP) is -0.0147. The van der Waals surface area contributed by atoms with Crippen LogP contribution in [0.15, 0.2) is 0 Å². The minimum atomic E-state index is 0. The molecule has 0 aromatic carbocycles. The van der Waals surface area contributed by atoms with Gasteiger partial charge in [0.2, 0.25) is 0 Å². The van der Waals surface area contributed by atoms with Gasteiger partial charge in [-0.05, 0) is 0 Å². The molecule has 0 spiro atoms. The van der Waals surface area contributed by atoms with E-state index in [-0.39, 0.29) is 23.2 Å². The molecule has 0 radical (unpaired) electrons. The van der Waals surface area contributed by atoms with E-state index in [2.05, 4.69) is 0 Å². The summed E-state index contributed by atoms with van der Waals surface area (Å²) in [5.41, 5.74) is 0. The third-order valence-electron chi connectivity index (χ3n) is 0. The van der Waals surface area contributed by atoms with E-state index in [1.54, 1.807) is 0 Å². The summed E-state index contributed by atoms with van der Waals surface area (Å²) in [7, 11) is 0. The van der Waals surface area contributed by atoms with E-state index in [0.29, 0.717) is 6.47 Å². The van der Waals surface area contributed by atoms with Crippen LogP contribution < -0.4 is 6.15 Å². The van der Waals surface area contributed by atoms with Gasteiger partial charge >= 0.3 is 0 Å². The first-order chi connectivity index (χ1) is 1.41. The molecule has 0 aliphatic carbocycles. The van der Waals surface area contributed by atoms with Gasteiger partial charge in [0.15, 0.2) is 0 Å². The number of hydrogen-bond acceptors (Lipinski definition) is 1. The standard InChI is InChI=1S/CHO2.Fe.H3N/c2-1-3;;/h(H,2,3);;1H3/q-1;;/p+1. The molecule has 0 amide bonds. The summed E-state index contributed by atoms with van der Waals surface area (Å²) in [5, 5.41) is 6.76. The van der Waals surface area contributed by atoms with Crippen LogP contribution in [0.5, 0.6) is 0 Å². The van der Waals surface area contributed by atoms with E-state index >= 15 is 0 Å². The Kier molecular flexibility index (Phi) is 155. The molecule has 5 N–H and O–H groups in total. The molecular weight excluding hydrogens is 114 g/mol. The predicted molar refractivity (Wildman–Crippen MR) is 14.3 cm³/mol. The monoisotopic (exact) mass is 119 g/mol. The maximum Gasteiger partial charge on any atom is 0 e. The van der Waals surface area contributed by atoms with Crippen molar-refractivity contribution >= 4 is 6.47 Å². The van der Waals surface area contributed by atoms with Crippen LogP contribution in [0.2, 0.25) is 0 Å². The van der Waals surface area contributed by atoms with Gasteiger partial charge in [0.25, 0.3) is 0 Å². The zero-order valence-electron chi connectivity index (χ0n) is 2.71. The Morgan fingerprint density at radius 3 is 1.60 bits per heavy atom. The zero-order chi connectivity index (χ0) is 2.71. The van der Waals surface area contributed by atoms with E-state index in [9.17, 15) is 0 Å². The summed E-state index contributed by atoms with van der Waals surface area (Å²) in [4.78, 5) is 8.24. The van der Waals surface area contributed by atoms with E-state index in [1.807, 2.05) is 0 Å². The Hall–Kier alpha value is -0.0505. The molecule has 34 valence electrons. The Morgan fingerprint density at radius 2 is 1.60 bits per heavy atom. The molecule has 3 nitrogen and oxygen atoms in total. The molecule has 0 aromatic heterocycles. The van der Waals surface area contributed by atoms with Crippen molar-refractivity contribution in [2.75, 3.05) is 0 Å². The molecule has 4 heteroatoms. The fraction of sp³-hybridized carbons (Fsp3) is 0. The summed E-state index contributed by atoms with van der Waals surface area (Å²) >= 11 is 0. The van der Waals surface area contributed by atoms with Crippen LogP contribution in [0.3, 0.4) is 0 Å². The summed E-state index contributed by atoms with van der Waals surface area (Å²) in [5.74, 6) is 0. The first-order valence-corrected chi connectivity index (χ1v) is 0.428. The Morgan fingerprint density at radius 1 is 1.60 bits per heavy atom. The van der Waals surface area contributed by atoms with E-state index in [1.165, 1.54) is 0 Å². The summed E-state index contributed by atoms with van der Waals surface area (Å²) in [6.45, 7) is 0.500. The van der Waals surface area contributed by atoms with E-state index in [0.717, 1.165) is 0 Å². The van der Waals surface area contributed by atoms with Gasteiger partial charge in [-0.15, -0.1) is 0 Å². The molecular formula is CH5FeNO2. The summed E-state index contributed by atoms with van der Waals surface area (Å²) in [6.07, 6.45) is 0. The number of rotatable bonds is 0. The van der Waals surface area contributed by atoms with Gasteiger partial charge in [-0.3, -0.25) is 0 Å². The van der Waals surface area contributed by atoms with Crippen LogP contribution in [0.1, 0.15) is 0 Å². The van der Waals surface area contributed by atoms with Crippen molar-refractivity contribution in [1.82, 2.24) is 6.15 Å². The van der Waals surface area contributed by atoms with Gasteiger partial charge in [-0.1, -0.05) is 6.47 Å². The van der Waals surface area contributed by atoms with Crippen molar-refractivity contribution in [2.24, 2.45) is 0 Å². The number of quaternary nitrogens is 1. The van der Waals surface area contributed by atoms with Crippen LogP contribution in [-0.4, -0.2) is 11.6 Å². The second kappa shape index (κ2) is 38.1. The van der Waals surface area contributed by atoms with E-state index < -0.39 is 0 Å². The molecule has 0 aromatic rings. The van der Waals surface area contributed by atoms with Crippen molar-refractivity contribution in [2.45, 2.75) is 0 Å². The fourth-order valence-corrected chi connectivity index (χ4v) is 0. The van der Waals surface area contributed by atoms with Crippen LogP contribution in [0, 0.1) is 0 Å². The third kappa shape index (κ3) is 5880.